The van der Waals surface area contributed by atoms with Crippen molar-refractivity contribution in [3.63, 3.8) is 0 Å². The molecule has 0 aliphatic carbocycles. The number of aliphatic carboxylic acids is 1. The molecule has 0 amide bonds. The van der Waals surface area contributed by atoms with Crippen LogP contribution in [0.5, 0.6) is 17.2 Å². The summed E-state index contributed by atoms with van der Waals surface area (Å²) in [7, 11) is 0. The first-order chi connectivity index (χ1) is 20.6. The lowest BCUT2D eigenvalue weighted by Crippen LogP contribution is -2.36. The number of rotatable bonds is 8. The summed E-state index contributed by atoms with van der Waals surface area (Å²) in [5.41, 5.74) is 1.95. The Labute approximate surface area is 249 Å². The van der Waals surface area contributed by atoms with Crippen molar-refractivity contribution in [3.8, 4) is 28.6 Å². The van der Waals surface area contributed by atoms with Gasteiger partial charge in [0.25, 0.3) is 0 Å². The molecule has 0 radical (unpaired) electrons. The summed E-state index contributed by atoms with van der Waals surface area (Å²) in [6, 6.07) is 11.3. The quantitative estimate of drug-likeness (QED) is 0.155. The molecule has 222 valence electrons. The number of hydrogen-bond acceptors (Lipinski definition) is 5. The molecule has 0 unspecified atom stereocenters. The van der Waals surface area contributed by atoms with Crippen molar-refractivity contribution in [1.29, 1.82) is 0 Å². The summed E-state index contributed by atoms with van der Waals surface area (Å²) >= 11 is 1.21. The van der Waals surface area contributed by atoms with Gasteiger partial charge < -0.3 is 24.5 Å². The standard InChI is InChI=1S/C32H28F3N3O4S/c1-16-14-32(2,21-6-4-5-17(28(21)41-16)7-10-24(39)40)23-15-37-31(38-23)20-13-18(8-9-22(20)33)42-29-26(35)25(34)27-19(11-12-36-27)30(29)43-3/h4-6,8-9,11-13,15-16,36H,7,10,14H2,1-3H3,(H,37,38)(H,39,40)/t16-,32-/m0/s1. The first-order valence-electron chi connectivity index (χ1n) is 13.7. The zero-order valence-electron chi connectivity index (χ0n) is 23.6. The van der Waals surface area contributed by atoms with Gasteiger partial charge in [-0.25, -0.2) is 13.8 Å². The van der Waals surface area contributed by atoms with Crippen molar-refractivity contribution < 1.29 is 32.5 Å². The predicted octanol–water partition coefficient (Wildman–Crippen LogP) is 7.98. The monoisotopic (exact) mass is 607 g/mol. The van der Waals surface area contributed by atoms with Gasteiger partial charge in [-0.1, -0.05) is 18.2 Å². The normalized spacial score (nSPS) is 18.0. The molecule has 1 aliphatic heterocycles. The number of hydrogen-bond donors (Lipinski definition) is 3. The van der Waals surface area contributed by atoms with Crippen molar-refractivity contribution in [2.24, 2.45) is 0 Å². The number of aryl methyl sites for hydroxylation is 1. The molecule has 0 bridgehead atoms. The third-order valence-corrected chi connectivity index (χ3v) is 8.72. The van der Waals surface area contributed by atoms with Crippen molar-refractivity contribution in [2.75, 3.05) is 6.26 Å². The molecule has 0 saturated heterocycles. The molecule has 5 aromatic rings. The highest BCUT2D eigenvalue weighted by Gasteiger charge is 2.40. The molecule has 2 aromatic heterocycles. The van der Waals surface area contributed by atoms with Gasteiger partial charge in [0.15, 0.2) is 11.6 Å². The summed E-state index contributed by atoms with van der Waals surface area (Å²) in [6.45, 7) is 3.99. The number of para-hydroxylation sites is 1. The van der Waals surface area contributed by atoms with Gasteiger partial charge in [-0.15, -0.1) is 11.8 Å². The zero-order valence-corrected chi connectivity index (χ0v) is 24.4. The molecule has 0 saturated carbocycles. The van der Waals surface area contributed by atoms with Crippen LogP contribution in [0.3, 0.4) is 0 Å². The van der Waals surface area contributed by atoms with E-state index in [0.717, 1.165) is 16.8 Å². The number of aromatic amines is 2. The van der Waals surface area contributed by atoms with Crippen molar-refractivity contribution in [3.05, 3.63) is 89.1 Å². The Morgan fingerprint density at radius 1 is 1.21 bits per heavy atom. The Bertz CT molecular complexity index is 1870. The number of halogens is 3. The van der Waals surface area contributed by atoms with E-state index in [9.17, 15) is 14.3 Å². The number of ether oxygens (including phenoxy) is 2. The third-order valence-electron chi connectivity index (χ3n) is 7.91. The van der Waals surface area contributed by atoms with Crippen LogP contribution < -0.4 is 9.47 Å². The highest BCUT2D eigenvalue weighted by Crippen LogP contribution is 2.47. The second-order valence-corrected chi connectivity index (χ2v) is 11.6. The van der Waals surface area contributed by atoms with Crippen molar-refractivity contribution >= 4 is 28.6 Å². The number of carboxylic acid groups (broad SMARTS) is 1. The van der Waals surface area contributed by atoms with E-state index in [2.05, 4.69) is 15.0 Å². The van der Waals surface area contributed by atoms with Gasteiger partial charge in [0.1, 0.15) is 23.1 Å². The molecule has 43 heavy (non-hydrogen) atoms. The largest absolute Gasteiger partial charge is 0.490 e. The molecular weight excluding hydrogens is 579 g/mol. The SMILES string of the molecule is CSc1c(Oc2ccc(F)c(-c3ncc([C@@]4(C)C[C@H](C)Oc5c(CCC(=O)O)cccc54)[nH]3)c2)c(F)c(F)c2[nH]ccc12. The second kappa shape index (κ2) is 11.0. The number of H-pyrrole nitrogens is 2. The highest BCUT2D eigenvalue weighted by molar-refractivity contribution is 7.99. The van der Waals surface area contributed by atoms with Crippen LogP contribution in [0.2, 0.25) is 0 Å². The van der Waals surface area contributed by atoms with Crippen LogP contribution in [0.25, 0.3) is 22.3 Å². The number of carboxylic acids is 1. The van der Waals surface area contributed by atoms with Crippen LogP contribution in [0.4, 0.5) is 13.2 Å². The lowest BCUT2D eigenvalue weighted by Gasteiger charge is -2.39. The summed E-state index contributed by atoms with van der Waals surface area (Å²) in [4.78, 5) is 22.1. The minimum Gasteiger partial charge on any atom is -0.490 e. The van der Waals surface area contributed by atoms with Crippen LogP contribution in [0.1, 0.15) is 43.5 Å². The smallest absolute Gasteiger partial charge is 0.303 e. The van der Waals surface area contributed by atoms with Gasteiger partial charge in [-0.3, -0.25) is 4.79 Å². The Kier molecular flexibility index (Phi) is 7.37. The van der Waals surface area contributed by atoms with Crippen LogP contribution >= 0.6 is 11.8 Å². The number of imidazole rings is 1. The molecule has 11 heteroatoms. The first-order valence-corrected chi connectivity index (χ1v) is 14.9. The fourth-order valence-corrected chi connectivity index (χ4v) is 6.56. The number of carbonyl (C=O) groups is 1. The molecule has 3 aromatic carbocycles. The number of nitrogens with zero attached hydrogens (tertiary/aromatic N) is 1. The molecule has 6 rings (SSSR count). The van der Waals surface area contributed by atoms with Crippen molar-refractivity contribution in [2.45, 2.75) is 49.5 Å². The van der Waals surface area contributed by atoms with E-state index in [1.165, 1.54) is 36.2 Å². The van der Waals surface area contributed by atoms with E-state index in [0.29, 0.717) is 28.9 Å². The minimum atomic E-state index is -1.14. The van der Waals surface area contributed by atoms with Gasteiger partial charge in [0.2, 0.25) is 5.82 Å². The molecule has 3 heterocycles. The van der Waals surface area contributed by atoms with Gasteiger partial charge in [0, 0.05) is 40.9 Å². The topological polar surface area (TPSA) is 100 Å². The van der Waals surface area contributed by atoms with Crippen LogP contribution in [0, 0.1) is 17.5 Å². The fraction of sp³-hybridized carbons (Fsp3) is 0.250. The second-order valence-electron chi connectivity index (χ2n) is 10.8. The van der Waals surface area contributed by atoms with Gasteiger partial charge in [-0.05, 0) is 62.8 Å². The zero-order chi connectivity index (χ0) is 30.5. The van der Waals surface area contributed by atoms with Crippen LogP contribution in [0.15, 0.2) is 59.8 Å². The minimum absolute atomic E-state index is 0.0230. The molecule has 1 aliphatic rings. The van der Waals surface area contributed by atoms with E-state index in [1.54, 1.807) is 18.5 Å². The van der Waals surface area contributed by atoms with Gasteiger partial charge in [-0.2, -0.15) is 4.39 Å². The first kappa shape index (κ1) is 28.7. The number of thioether (sulfide) groups is 1. The summed E-state index contributed by atoms with van der Waals surface area (Å²) < 4.78 is 57.1. The summed E-state index contributed by atoms with van der Waals surface area (Å²) in [5, 5.41) is 9.68. The lowest BCUT2D eigenvalue weighted by atomic mass is 9.73. The lowest BCUT2D eigenvalue weighted by molar-refractivity contribution is -0.136. The maximum Gasteiger partial charge on any atom is 0.303 e. The Balaban J connectivity index is 1.36. The van der Waals surface area contributed by atoms with E-state index in [4.69, 9.17) is 9.47 Å². The van der Waals surface area contributed by atoms with E-state index < -0.39 is 28.8 Å². The fourth-order valence-electron chi connectivity index (χ4n) is 5.85. The number of aromatic nitrogens is 3. The number of nitrogens with one attached hydrogen (secondary N) is 2. The molecule has 2 atom stereocenters. The van der Waals surface area contributed by atoms with E-state index in [1.807, 2.05) is 32.0 Å². The summed E-state index contributed by atoms with van der Waals surface area (Å²) in [6.07, 6.45) is 5.63. The number of benzene rings is 3. The van der Waals surface area contributed by atoms with Gasteiger partial charge >= 0.3 is 5.97 Å². The van der Waals surface area contributed by atoms with Gasteiger partial charge in [0.05, 0.1) is 22.1 Å². The Hall–Kier alpha value is -4.38. The molecule has 3 N–H and O–H groups in total. The summed E-state index contributed by atoms with van der Waals surface area (Å²) in [5.74, 6) is -2.96. The average Bonchev–Trinajstić information content (AvgIpc) is 3.67. The molecule has 0 spiro atoms. The molecule has 7 nitrogen and oxygen atoms in total. The predicted molar refractivity (Wildman–Crippen MR) is 158 cm³/mol. The van der Waals surface area contributed by atoms with Crippen LogP contribution in [-0.2, 0) is 16.6 Å². The highest BCUT2D eigenvalue weighted by atomic mass is 32.2. The Morgan fingerprint density at radius 3 is 2.79 bits per heavy atom. The van der Waals surface area contributed by atoms with E-state index >= 15 is 8.78 Å². The average molecular weight is 608 g/mol. The molecule has 0 fully saturated rings. The van der Waals surface area contributed by atoms with E-state index in [-0.39, 0.29) is 40.9 Å². The molecular formula is C32H28F3N3O4S. The van der Waals surface area contributed by atoms with Crippen molar-refractivity contribution in [1.82, 2.24) is 15.0 Å². The maximum atomic E-state index is 15.2. The maximum absolute atomic E-state index is 15.2. The Morgan fingerprint density at radius 2 is 2.02 bits per heavy atom. The van der Waals surface area contributed by atoms with Crippen LogP contribution in [-0.4, -0.2) is 38.4 Å². The number of fused-ring (bicyclic) bond motifs is 2. The third kappa shape index (κ3) is 5.01.